The maximum absolute atomic E-state index is 13.2. The number of hydrogen-bond acceptors (Lipinski definition) is 6. The molecule has 1 atom stereocenters. The van der Waals surface area contributed by atoms with E-state index in [1.165, 1.54) is 23.0 Å². The van der Waals surface area contributed by atoms with Gasteiger partial charge in [0.25, 0.3) is 5.89 Å². The molecule has 0 fully saturated rings. The zero-order chi connectivity index (χ0) is 17.3. The molecule has 9 heteroatoms. The van der Waals surface area contributed by atoms with Gasteiger partial charge in [-0.2, -0.15) is 10.1 Å². The minimum atomic E-state index is -0.326. The lowest BCUT2D eigenvalue weighted by atomic mass is 10.2. The molecule has 1 unspecified atom stereocenters. The fourth-order valence-electron chi connectivity index (χ4n) is 2.33. The Bertz CT molecular complexity index is 864. The van der Waals surface area contributed by atoms with Gasteiger partial charge in [0.15, 0.2) is 17.3 Å². The summed E-state index contributed by atoms with van der Waals surface area (Å²) < 4.78 is 19.9. The van der Waals surface area contributed by atoms with Gasteiger partial charge in [0.2, 0.25) is 0 Å². The summed E-state index contributed by atoms with van der Waals surface area (Å²) >= 11 is 0. The third kappa shape index (κ3) is 3.97. The maximum Gasteiger partial charge on any atom is 0.282 e. The molecule has 25 heavy (non-hydrogen) atoms. The van der Waals surface area contributed by atoms with Crippen molar-refractivity contribution >= 4 is 12.4 Å². The fourth-order valence-corrected chi connectivity index (χ4v) is 2.33. The molecule has 0 aliphatic carbocycles. The lowest BCUT2D eigenvalue weighted by Gasteiger charge is -2.05. The molecule has 2 N–H and O–H groups in total. The molecule has 0 radical (unpaired) electrons. The predicted molar refractivity (Wildman–Crippen MR) is 92.7 cm³/mol. The van der Waals surface area contributed by atoms with Gasteiger partial charge in [-0.05, 0) is 44.7 Å². The van der Waals surface area contributed by atoms with Crippen LogP contribution < -0.4 is 5.32 Å². The van der Waals surface area contributed by atoms with Crippen molar-refractivity contribution in [2.24, 2.45) is 0 Å². The topological polar surface area (TPSA) is 89.0 Å². The molecule has 0 bridgehead atoms. The van der Waals surface area contributed by atoms with Gasteiger partial charge in [0.1, 0.15) is 5.82 Å². The van der Waals surface area contributed by atoms with Crippen molar-refractivity contribution in [3.8, 4) is 23.0 Å². The third-order valence-corrected chi connectivity index (χ3v) is 3.75. The van der Waals surface area contributed by atoms with Crippen molar-refractivity contribution < 1.29 is 14.0 Å². The number of aromatic hydroxyl groups is 1. The van der Waals surface area contributed by atoms with Gasteiger partial charge in [-0.3, -0.25) is 0 Å². The van der Waals surface area contributed by atoms with E-state index in [9.17, 15) is 9.50 Å². The largest absolute Gasteiger partial charge is 0.504 e. The molecule has 3 rings (SSSR count). The summed E-state index contributed by atoms with van der Waals surface area (Å²) in [7, 11) is 1.85. The Morgan fingerprint density at radius 1 is 1.40 bits per heavy atom. The highest BCUT2D eigenvalue weighted by molar-refractivity contribution is 5.85. The zero-order valence-electron chi connectivity index (χ0n) is 14.0. The Labute approximate surface area is 150 Å². The SMILES string of the molecule is CNC(C)Cc1noc(-c2nn(-c3ccc(F)cc3C)cc2O)n1.Cl. The Hall–Kier alpha value is -2.45. The molecule has 0 saturated heterocycles. The standard InChI is InChI=1S/C16H18FN5O2.ClH/c1-9-6-11(17)4-5-12(9)22-8-13(23)15(20-22)16-19-14(21-24-16)7-10(2)18-3;/h4-6,8,10,18,23H,7H2,1-3H3;1H. The number of likely N-dealkylation sites (N-methyl/N-ethyl adjacent to an activating group) is 1. The minimum Gasteiger partial charge on any atom is -0.504 e. The van der Waals surface area contributed by atoms with Gasteiger partial charge in [-0.25, -0.2) is 9.07 Å². The Kier molecular flexibility index (Phi) is 5.76. The van der Waals surface area contributed by atoms with Gasteiger partial charge < -0.3 is 14.9 Å². The van der Waals surface area contributed by atoms with Gasteiger partial charge >= 0.3 is 0 Å². The van der Waals surface area contributed by atoms with Crippen molar-refractivity contribution in [1.29, 1.82) is 0 Å². The minimum absolute atomic E-state index is 0. The molecule has 2 heterocycles. The molecule has 0 amide bonds. The van der Waals surface area contributed by atoms with Crippen molar-refractivity contribution in [3.05, 3.63) is 41.6 Å². The molecular weight excluding hydrogens is 349 g/mol. The highest BCUT2D eigenvalue weighted by Gasteiger charge is 2.19. The second-order valence-electron chi connectivity index (χ2n) is 5.65. The van der Waals surface area contributed by atoms with Crippen LogP contribution in [0.15, 0.2) is 28.9 Å². The first-order valence-corrected chi connectivity index (χ1v) is 7.53. The summed E-state index contributed by atoms with van der Waals surface area (Å²) in [4.78, 5) is 4.26. The fraction of sp³-hybridized carbons (Fsp3) is 0.312. The van der Waals surface area contributed by atoms with Crippen LogP contribution in [0.2, 0.25) is 0 Å². The van der Waals surface area contributed by atoms with E-state index in [4.69, 9.17) is 4.52 Å². The lowest BCUT2D eigenvalue weighted by molar-refractivity contribution is 0.412. The van der Waals surface area contributed by atoms with Crippen LogP contribution in [0.25, 0.3) is 17.3 Å². The van der Waals surface area contributed by atoms with E-state index in [-0.39, 0.29) is 41.6 Å². The summed E-state index contributed by atoms with van der Waals surface area (Å²) in [5, 5.41) is 21.4. The highest BCUT2D eigenvalue weighted by atomic mass is 35.5. The quantitative estimate of drug-likeness (QED) is 0.720. The van der Waals surface area contributed by atoms with Gasteiger partial charge in [-0.1, -0.05) is 5.16 Å². The molecule has 0 saturated carbocycles. The van der Waals surface area contributed by atoms with Crippen LogP contribution in [0.3, 0.4) is 0 Å². The number of halogens is 2. The van der Waals surface area contributed by atoms with Crippen LogP contribution >= 0.6 is 12.4 Å². The van der Waals surface area contributed by atoms with E-state index < -0.39 is 0 Å². The average Bonchev–Trinajstić information content (AvgIpc) is 3.13. The molecule has 3 aromatic rings. The number of nitrogens with zero attached hydrogens (tertiary/aromatic N) is 4. The molecule has 0 aliphatic rings. The number of aromatic nitrogens is 4. The Morgan fingerprint density at radius 2 is 2.16 bits per heavy atom. The van der Waals surface area contributed by atoms with Crippen molar-refractivity contribution in [2.45, 2.75) is 26.3 Å². The van der Waals surface area contributed by atoms with Crippen LogP contribution in [0.4, 0.5) is 4.39 Å². The highest BCUT2D eigenvalue weighted by Crippen LogP contribution is 2.28. The van der Waals surface area contributed by atoms with Crippen LogP contribution in [-0.4, -0.2) is 38.1 Å². The Morgan fingerprint density at radius 3 is 2.84 bits per heavy atom. The molecule has 2 aromatic heterocycles. The number of benzene rings is 1. The van der Waals surface area contributed by atoms with Crippen LogP contribution in [0.1, 0.15) is 18.3 Å². The summed E-state index contributed by atoms with van der Waals surface area (Å²) in [6, 6.07) is 4.53. The van der Waals surface area contributed by atoms with E-state index in [0.717, 1.165) is 0 Å². The second-order valence-corrected chi connectivity index (χ2v) is 5.65. The maximum atomic E-state index is 13.2. The molecule has 1 aromatic carbocycles. The van der Waals surface area contributed by atoms with Gasteiger partial charge in [-0.15, -0.1) is 12.4 Å². The van der Waals surface area contributed by atoms with Crippen molar-refractivity contribution in [1.82, 2.24) is 25.2 Å². The van der Waals surface area contributed by atoms with Crippen LogP contribution in [0.5, 0.6) is 5.75 Å². The number of aryl methyl sites for hydroxylation is 1. The summed E-state index contributed by atoms with van der Waals surface area (Å²) in [6.45, 7) is 3.76. The zero-order valence-corrected chi connectivity index (χ0v) is 14.8. The van der Waals surface area contributed by atoms with E-state index in [0.29, 0.717) is 23.5 Å². The Balaban J connectivity index is 0.00000225. The smallest absolute Gasteiger partial charge is 0.282 e. The van der Waals surface area contributed by atoms with E-state index >= 15 is 0 Å². The summed E-state index contributed by atoms with van der Waals surface area (Å²) in [6.07, 6.45) is 2.02. The van der Waals surface area contributed by atoms with E-state index in [1.807, 2.05) is 14.0 Å². The van der Waals surface area contributed by atoms with Crippen LogP contribution in [-0.2, 0) is 6.42 Å². The van der Waals surface area contributed by atoms with Gasteiger partial charge in [0.05, 0.1) is 11.9 Å². The number of rotatable bonds is 5. The van der Waals surface area contributed by atoms with Crippen molar-refractivity contribution in [2.75, 3.05) is 7.05 Å². The van der Waals surface area contributed by atoms with Crippen molar-refractivity contribution in [3.63, 3.8) is 0 Å². The van der Waals surface area contributed by atoms with Gasteiger partial charge in [0, 0.05) is 12.5 Å². The molecule has 134 valence electrons. The normalized spacial score (nSPS) is 12.0. The predicted octanol–water partition coefficient (Wildman–Crippen LogP) is 2.65. The lowest BCUT2D eigenvalue weighted by Crippen LogP contribution is -2.24. The average molecular weight is 368 g/mol. The first kappa shape index (κ1) is 18.9. The summed E-state index contributed by atoms with van der Waals surface area (Å²) in [5.41, 5.74) is 1.54. The summed E-state index contributed by atoms with van der Waals surface area (Å²) in [5.74, 6) is 0.256. The number of hydrogen-bond donors (Lipinski definition) is 2. The first-order valence-electron chi connectivity index (χ1n) is 7.53. The monoisotopic (exact) mass is 367 g/mol. The molecule has 7 nitrogen and oxygen atoms in total. The molecular formula is C16H19ClFN5O2. The molecule has 0 aliphatic heterocycles. The molecule has 0 spiro atoms. The van der Waals surface area contributed by atoms with E-state index in [2.05, 4.69) is 20.6 Å². The van der Waals surface area contributed by atoms with E-state index in [1.54, 1.807) is 13.0 Å². The first-order chi connectivity index (χ1) is 11.5. The third-order valence-electron chi connectivity index (χ3n) is 3.75. The van der Waals surface area contributed by atoms with Crippen LogP contribution in [0, 0.1) is 12.7 Å². The number of nitrogens with one attached hydrogen (secondary N) is 1. The second kappa shape index (κ2) is 7.62.